The molecule has 2 unspecified atom stereocenters. The molecule has 1 aliphatic heterocycles. The fraction of sp³-hybridized carbons (Fsp3) is 0.941. The molecule has 2 atom stereocenters. The third-order valence-electron chi connectivity index (χ3n) is 3.78. The van der Waals surface area contributed by atoms with Crippen molar-refractivity contribution < 1.29 is 9.53 Å². The summed E-state index contributed by atoms with van der Waals surface area (Å²) in [4.78, 5) is 14.2. The molecular weight excluding hydrogens is 278 g/mol. The molecule has 0 saturated carbocycles. The van der Waals surface area contributed by atoms with Crippen LogP contribution in [-0.4, -0.2) is 55.4 Å². The van der Waals surface area contributed by atoms with Crippen LogP contribution in [0.3, 0.4) is 0 Å². The Labute approximate surface area is 136 Å². The molecule has 0 aromatic rings. The highest BCUT2D eigenvalue weighted by atomic mass is 16.6. The van der Waals surface area contributed by atoms with Gasteiger partial charge in [-0.1, -0.05) is 13.3 Å². The molecule has 1 saturated heterocycles. The molecule has 0 aromatic heterocycles. The number of piperidine rings is 1. The Morgan fingerprint density at radius 1 is 1.14 bits per heavy atom. The van der Waals surface area contributed by atoms with Crippen molar-refractivity contribution in [1.82, 2.24) is 15.5 Å². The van der Waals surface area contributed by atoms with Crippen LogP contribution in [0.5, 0.6) is 0 Å². The van der Waals surface area contributed by atoms with E-state index < -0.39 is 5.60 Å². The van der Waals surface area contributed by atoms with E-state index in [1.807, 2.05) is 20.8 Å². The summed E-state index contributed by atoms with van der Waals surface area (Å²) in [5.74, 6) is 0.627. The third-order valence-corrected chi connectivity index (χ3v) is 3.78. The summed E-state index contributed by atoms with van der Waals surface area (Å²) in [6, 6.07) is 0.247. The van der Waals surface area contributed by atoms with Gasteiger partial charge in [0.1, 0.15) is 5.60 Å². The first-order valence-electron chi connectivity index (χ1n) is 8.69. The minimum Gasteiger partial charge on any atom is -0.444 e. The molecule has 0 aliphatic carbocycles. The SMILES string of the molecule is CC(CNC(C)CNC(=O)OC(C)(C)C)CN1CCCCC1. The fourth-order valence-electron chi connectivity index (χ4n) is 2.67. The number of ether oxygens (including phenoxy) is 1. The van der Waals surface area contributed by atoms with Crippen LogP contribution in [0.25, 0.3) is 0 Å². The summed E-state index contributed by atoms with van der Waals surface area (Å²) in [7, 11) is 0. The van der Waals surface area contributed by atoms with Crippen LogP contribution in [0.4, 0.5) is 4.79 Å². The molecule has 0 bridgehead atoms. The van der Waals surface area contributed by atoms with E-state index in [4.69, 9.17) is 4.74 Å². The van der Waals surface area contributed by atoms with Crippen LogP contribution >= 0.6 is 0 Å². The molecule has 5 nitrogen and oxygen atoms in total. The number of amides is 1. The molecular formula is C17H35N3O2. The van der Waals surface area contributed by atoms with Gasteiger partial charge in [-0.05, 0) is 66.1 Å². The van der Waals surface area contributed by atoms with E-state index in [-0.39, 0.29) is 12.1 Å². The second-order valence-corrected chi connectivity index (χ2v) is 7.66. The van der Waals surface area contributed by atoms with Gasteiger partial charge < -0.3 is 20.3 Å². The first-order chi connectivity index (χ1) is 10.3. The van der Waals surface area contributed by atoms with E-state index in [1.165, 1.54) is 38.9 Å². The molecule has 1 rings (SSSR count). The van der Waals surface area contributed by atoms with Gasteiger partial charge in [0.15, 0.2) is 0 Å². The van der Waals surface area contributed by atoms with E-state index in [0.29, 0.717) is 12.5 Å². The van der Waals surface area contributed by atoms with Gasteiger partial charge in [0, 0.05) is 19.1 Å². The smallest absolute Gasteiger partial charge is 0.407 e. The summed E-state index contributed by atoms with van der Waals surface area (Å²) in [6.45, 7) is 15.2. The Hall–Kier alpha value is -0.810. The minimum atomic E-state index is -0.441. The Morgan fingerprint density at radius 2 is 1.77 bits per heavy atom. The average molecular weight is 313 g/mol. The van der Waals surface area contributed by atoms with Crippen LogP contribution in [0.15, 0.2) is 0 Å². The Balaban J connectivity index is 2.11. The van der Waals surface area contributed by atoms with E-state index in [2.05, 4.69) is 29.4 Å². The van der Waals surface area contributed by atoms with Crippen LogP contribution in [0.1, 0.15) is 53.9 Å². The molecule has 1 amide bonds. The second-order valence-electron chi connectivity index (χ2n) is 7.66. The normalized spacial score (nSPS) is 19.5. The predicted molar refractivity (Wildman–Crippen MR) is 91.2 cm³/mol. The number of hydrogen-bond donors (Lipinski definition) is 2. The zero-order valence-electron chi connectivity index (χ0n) is 15.1. The second kappa shape index (κ2) is 9.36. The first kappa shape index (κ1) is 19.2. The summed E-state index contributed by atoms with van der Waals surface area (Å²) in [5.41, 5.74) is -0.441. The maximum atomic E-state index is 11.6. The molecule has 1 aliphatic rings. The number of carbonyl (C=O) groups is 1. The standard InChI is InChI=1S/C17H35N3O2/c1-14(13-20-9-7-6-8-10-20)11-18-15(2)12-19-16(21)22-17(3,4)5/h14-15,18H,6-13H2,1-5H3,(H,19,21). The summed E-state index contributed by atoms with van der Waals surface area (Å²) in [5, 5.41) is 6.30. The molecule has 1 heterocycles. The van der Waals surface area contributed by atoms with Gasteiger partial charge in [0.05, 0.1) is 0 Å². The molecule has 1 fully saturated rings. The number of nitrogens with zero attached hydrogens (tertiary/aromatic N) is 1. The molecule has 2 N–H and O–H groups in total. The summed E-state index contributed by atoms with van der Waals surface area (Å²) >= 11 is 0. The molecule has 22 heavy (non-hydrogen) atoms. The van der Waals surface area contributed by atoms with E-state index >= 15 is 0 Å². The third kappa shape index (κ3) is 9.26. The van der Waals surface area contributed by atoms with Crippen LogP contribution in [-0.2, 0) is 4.74 Å². The van der Waals surface area contributed by atoms with E-state index in [9.17, 15) is 4.79 Å². The maximum Gasteiger partial charge on any atom is 0.407 e. The van der Waals surface area contributed by atoms with Crippen molar-refractivity contribution in [2.24, 2.45) is 5.92 Å². The molecule has 0 aromatic carbocycles. The summed E-state index contributed by atoms with van der Waals surface area (Å²) < 4.78 is 5.23. The van der Waals surface area contributed by atoms with E-state index in [0.717, 1.165) is 6.54 Å². The largest absolute Gasteiger partial charge is 0.444 e. The monoisotopic (exact) mass is 313 g/mol. The molecule has 0 radical (unpaired) electrons. The van der Waals surface area contributed by atoms with Gasteiger partial charge in [-0.2, -0.15) is 0 Å². The van der Waals surface area contributed by atoms with Gasteiger partial charge in [-0.15, -0.1) is 0 Å². The minimum absolute atomic E-state index is 0.247. The van der Waals surface area contributed by atoms with Gasteiger partial charge in [-0.3, -0.25) is 0 Å². The fourth-order valence-corrected chi connectivity index (χ4v) is 2.67. The lowest BCUT2D eigenvalue weighted by Crippen LogP contribution is -2.43. The quantitative estimate of drug-likeness (QED) is 0.758. The maximum absolute atomic E-state index is 11.6. The van der Waals surface area contributed by atoms with Crippen molar-refractivity contribution >= 4 is 6.09 Å². The highest BCUT2D eigenvalue weighted by Crippen LogP contribution is 2.10. The Morgan fingerprint density at radius 3 is 2.36 bits per heavy atom. The number of hydrogen-bond acceptors (Lipinski definition) is 4. The van der Waals surface area contributed by atoms with Gasteiger partial charge in [-0.25, -0.2) is 4.79 Å². The molecule has 0 spiro atoms. The summed E-state index contributed by atoms with van der Waals surface area (Å²) in [6.07, 6.45) is 3.73. The lowest BCUT2D eigenvalue weighted by Gasteiger charge is -2.29. The van der Waals surface area contributed by atoms with Gasteiger partial charge in [0.2, 0.25) is 0 Å². The van der Waals surface area contributed by atoms with Crippen molar-refractivity contribution in [3.63, 3.8) is 0 Å². The highest BCUT2D eigenvalue weighted by molar-refractivity contribution is 5.67. The zero-order chi connectivity index (χ0) is 16.6. The Kier molecular flexibility index (Phi) is 8.18. The first-order valence-corrected chi connectivity index (χ1v) is 8.69. The molecule has 130 valence electrons. The van der Waals surface area contributed by atoms with Crippen LogP contribution in [0.2, 0.25) is 0 Å². The zero-order valence-corrected chi connectivity index (χ0v) is 15.1. The van der Waals surface area contributed by atoms with Crippen LogP contribution < -0.4 is 10.6 Å². The van der Waals surface area contributed by atoms with Crippen molar-refractivity contribution in [3.05, 3.63) is 0 Å². The lowest BCUT2D eigenvalue weighted by atomic mass is 10.1. The number of alkyl carbamates (subject to hydrolysis) is 1. The van der Waals surface area contributed by atoms with Gasteiger partial charge >= 0.3 is 6.09 Å². The van der Waals surface area contributed by atoms with Crippen molar-refractivity contribution in [1.29, 1.82) is 0 Å². The van der Waals surface area contributed by atoms with Crippen LogP contribution in [0, 0.1) is 5.92 Å². The number of likely N-dealkylation sites (tertiary alicyclic amines) is 1. The van der Waals surface area contributed by atoms with Crippen molar-refractivity contribution in [3.8, 4) is 0 Å². The number of carbonyl (C=O) groups excluding carboxylic acids is 1. The predicted octanol–water partition coefficient (Wildman–Crippen LogP) is 2.61. The van der Waals surface area contributed by atoms with E-state index in [1.54, 1.807) is 0 Å². The topological polar surface area (TPSA) is 53.6 Å². The Bertz CT molecular complexity index is 322. The molecule has 5 heteroatoms. The average Bonchev–Trinajstić information content (AvgIpc) is 2.42. The van der Waals surface area contributed by atoms with Crippen molar-refractivity contribution in [2.45, 2.75) is 65.5 Å². The van der Waals surface area contributed by atoms with Gasteiger partial charge in [0.25, 0.3) is 0 Å². The lowest BCUT2D eigenvalue weighted by molar-refractivity contribution is 0.0523. The number of nitrogens with one attached hydrogen (secondary N) is 2. The number of rotatable bonds is 7. The van der Waals surface area contributed by atoms with Crippen molar-refractivity contribution in [2.75, 3.05) is 32.7 Å². The highest BCUT2D eigenvalue weighted by Gasteiger charge is 2.17.